The van der Waals surface area contributed by atoms with E-state index in [2.05, 4.69) is 19.9 Å². The molecule has 1 fully saturated rings. The molecule has 3 aromatic heterocycles. The van der Waals surface area contributed by atoms with Crippen molar-refractivity contribution >= 4 is 34.4 Å². The van der Waals surface area contributed by atoms with Crippen molar-refractivity contribution in [1.29, 1.82) is 0 Å². The van der Waals surface area contributed by atoms with E-state index in [0.717, 1.165) is 5.39 Å². The van der Waals surface area contributed by atoms with Gasteiger partial charge in [-0.2, -0.15) is 13.2 Å². The molecule has 2 N–H and O–H groups in total. The zero-order valence-electron chi connectivity index (χ0n) is 17.0. The summed E-state index contributed by atoms with van der Waals surface area (Å²) in [7, 11) is 0. The number of H-pyrrole nitrogens is 1. The van der Waals surface area contributed by atoms with Gasteiger partial charge >= 0.3 is 6.18 Å². The summed E-state index contributed by atoms with van der Waals surface area (Å²) in [6.07, 6.45) is 0.204. The molecule has 3 aromatic rings. The molecule has 12 heteroatoms. The minimum atomic E-state index is -4.49. The number of aromatic amines is 1. The van der Waals surface area contributed by atoms with Crippen molar-refractivity contribution in [2.24, 2.45) is 0 Å². The van der Waals surface area contributed by atoms with Crippen molar-refractivity contribution in [3.8, 4) is 11.4 Å². The minimum Gasteiger partial charge on any atom is -0.377 e. The highest BCUT2D eigenvalue weighted by Gasteiger charge is 2.39. The highest BCUT2D eigenvalue weighted by atomic mass is 35.5. The number of ether oxygens (including phenoxy) is 1. The number of carbonyl (C=O) groups is 1. The van der Waals surface area contributed by atoms with Crippen molar-refractivity contribution in [3.05, 3.63) is 35.7 Å². The number of amides is 1. The second kappa shape index (κ2) is 8.91. The van der Waals surface area contributed by atoms with Crippen molar-refractivity contribution in [1.82, 2.24) is 25.3 Å². The lowest BCUT2D eigenvalue weighted by molar-refractivity contribution is -0.139. The smallest absolute Gasteiger partial charge is 0.377 e. The SMILES string of the molecule is CCOC1C[C@@H](C(=O)NCC(F)(F)F)N(c2ccnc(-c3c[nH]c4ncc(Cl)cc34)n2)C1.[HH]. The number of hydrogen-bond donors (Lipinski definition) is 2. The van der Waals surface area contributed by atoms with E-state index in [4.69, 9.17) is 16.3 Å². The summed E-state index contributed by atoms with van der Waals surface area (Å²) < 4.78 is 43.4. The minimum absolute atomic E-state index is 0. The third kappa shape index (κ3) is 4.78. The van der Waals surface area contributed by atoms with E-state index in [1.807, 2.05) is 12.2 Å². The van der Waals surface area contributed by atoms with Crippen LogP contribution < -0.4 is 10.2 Å². The van der Waals surface area contributed by atoms with E-state index in [-0.39, 0.29) is 14.0 Å². The molecule has 2 atom stereocenters. The summed E-state index contributed by atoms with van der Waals surface area (Å²) in [6, 6.07) is 2.50. The lowest BCUT2D eigenvalue weighted by Crippen LogP contribution is -2.46. The Morgan fingerprint density at radius 3 is 3.00 bits per heavy atom. The van der Waals surface area contributed by atoms with Gasteiger partial charge in [-0.05, 0) is 19.1 Å². The Balaban J connectivity index is 0.00000306. The Morgan fingerprint density at radius 1 is 1.44 bits per heavy atom. The van der Waals surface area contributed by atoms with Gasteiger partial charge in [-0.1, -0.05) is 11.6 Å². The molecule has 4 rings (SSSR count). The lowest BCUT2D eigenvalue weighted by Gasteiger charge is -2.25. The third-order valence-electron chi connectivity index (χ3n) is 5.10. The molecule has 0 saturated carbocycles. The number of alkyl halides is 3. The molecule has 1 aliphatic rings. The number of fused-ring (bicyclic) bond motifs is 1. The molecule has 0 bridgehead atoms. The third-order valence-corrected chi connectivity index (χ3v) is 5.31. The molecule has 0 spiro atoms. The number of hydrogen-bond acceptors (Lipinski definition) is 6. The first kappa shape index (κ1) is 22.3. The van der Waals surface area contributed by atoms with Gasteiger partial charge in [0, 0.05) is 50.5 Å². The highest BCUT2D eigenvalue weighted by molar-refractivity contribution is 6.31. The summed E-state index contributed by atoms with van der Waals surface area (Å²) in [6.45, 7) is 1.16. The van der Waals surface area contributed by atoms with Crippen LogP contribution in [0.4, 0.5) is 19.0 Å². The summed E-state index contributed by atoms with van der Waals surface area (Å²) in [5.41, 5.74) is 1.27. The van der Waals surface area contributed by atoms with Crippen LogP contribution in [0.2, 0.25) is 5.02 Å². The molecule has 172 valence electrons. The maximum Gasteiger partial charge on any atom is 0.405 e. The molecular formula is C20H22ClF3N6O2. The largest absolute Gasteiger partial charge is 0.405 e. The van der Waals surface area contributed by atoms with Crippen molar-refractivity contribution in [2.45, 2.75) is 31.7 Å². The first-order valence-corrected chi connectivity index (χ1v) is 10.3. The first-order valence-electron chi connectivity index (χ1n) is 9.94. The zero-order valence-corrected chi connectivity index (χ0v) is 17.7. The van der Waals surface area contributed by atoms with Crippen LogP contribution in [0.5, 0.6) is 0 Å². The summed E-state index contributed by atoms with van der Waals surface area (Å²) in [5, 5.41) is 3.15. The van der Waals surface area contributed by atoms with Crippen LogP contribution in [-0.2, 0) is 9.53 Å². The van der Waals surface area contributed by atoms with E-state index in [9.17, 15) is 18.0 Å². The van der Waals surface area contributed by atoms with Gasteiger partial charge in [-0.15, -0.1) is 0 Å². The van der Waals surface area contributed by atoms with Crippen LogP contribution in [0.3, 0.4) is 0 Å². The molecular weight excluding hydrogens is 449 g/mol. The van der Waals surface area contributed by atoms with E-state index >= 15 is 0 Å². The van der Waals surface area contributed by atoms with E-state index < -0.39 is 24.7 Å². The number of anilines is 1. The zero-order chi connectivity index (χ0) is 22.9. The predicted octanol–water partition coefficient (Wildman–Crippen LogP) is 3.58. The van der Waals surface area contributed by atoms with Crippen molar-refractivity contribution < 1.29 is 24.1 Å². The molecule has 0 radical (unpaired) electrons. The highest BCUT2D eigenvalue weighted by Crippen LogP contribution is 2.31. The Labute approximate surface area is 187 Å². The fourth-order valence-corrected chi connectivity index (χ4v) is 3.92. The quantitative estimate of drug-likeness (QED) is 0.571. The average molecular weight is 471 g/mol. The second-order valence-corrected chi connectivity index (χ2v) is 7.74. The van der Waals surface area contributed by atoms with Gasteiger partial charge in [0.1, 0.15) is 24.1 Å². The summed E-state index contributed by atoms with van der Waals surface area (Å²) in [5.74, 6) is 0.0496. The number of nitrogens with one attached hydrogen (secondary N) is 2. The van der Waals surface area contributed by atoms with Crippen molar-refractivity contribution in [3.63, 3.8) is 0 Å². The number of aromatic nitrogens is 4. The van der Waals surface area contributed by atoms with Gasteiger partial charge in [0.2, 0.25) is 5.91 Å². The number of rotatable bonds is 6. The second-order valence-electron chi connectivity index (χ2n) is 7.30. The Bertz CT molecular complexity index is 1130. The van der Waals surface area contributed by atoms with Gasteiger partial charge in [-0.3, -0.25) is 4.79 Å². The van der Waals surface area contributed by atoms with E-state index in [1.54, 1.807) is 23.2 Å². The number of pyridine rings is 1. The predicted molar refractivity (Wildman–Crippen MR) is 114 cm³/mol. The maximum atomic E-state index is 12.6. The van der Waals surface area contributed by atoms with Gasteiger partial charge < -0.3 is 19.9 Å². The molecule has 1 amide bonds. The van der Waals surface area contributed by atoms with Crippen LogP contribution in [0, 0.1) is 0 Å². The van der Waals surface area contributed by atoms with Crippen LogP contribution in [0.15, 0.2) is 30.7 Å². The maximum absolute atomic E-state index is 12.6. The topological polar surface area (TPSA) is 96.0 Å². The Hall–Kier alpha value is -2.92. The monoisotopic (exact) mass is 470 g/mol. The summed E-state index contributed by atoms with van der Waals surface area (Å²) in [4.78, 5) is 30.4. The number of halogens is 4. The molecule has 1 saturated heterocycles. The molecule has 8 nitrogen and oxygen atoms in total. The normalized spacial score (nSPS) is 19.0. The standard InChI is InChI=1S/C20H20ClF3N6O2.H2/c1-2-32-12-6-15(19(31)28-10-20(22,23)24)30(9-12)16-3-4-25-18(29-16)14-8-27-17-13(14)5-11(21)7-26-17;/h3-5,7-8,12,15H,2,6,9-10H2,1H3,(H,26,27)(H,28,31);1H/t12?,15-;/m0./s1. The lowest BCUT2D eigenvalue weighted by atomic mass is 10.2. The average Bonchev–Trinajstić information content (AvgIpc) is 3.36. The molecule has 1 aliphatic heterocycles. The number of nitrogens with zero attached hydrogens (tertiary/aromatic N) is 4. The van der Waals surface area contributed by atoms with Crippen LogP contribution in [0.1, 0.15) is 14.8 Å². The molecule has 1 unspecified atom stereocenters. The Morgan fingerprint density at radius 2 is 2.25 bits per heavy atom. The van der Waals surface area contributed by atoms with Crippen LogP contribution in [-0.4, -0.2) is 63.9 Å². The van der Waals surface area contributed by atoms with Gasteiger partial charge in [0.25, 0.3) is 0 Å². The van der Waals surface area contributed by atoms with Gasteiger partial charge in [0.15, 0.2) is 5.82 Å². The first-order chi connectivity index (χ1) is 15.2. The van der Waals surface area contributed by atoms with E-state index in [0.29, 0.717) is 41.0 Å². The van der Waals surface area contributed by atoms with Gasteiger partial charge in [0.05, 0.1) is 11.1 Å². The molecule has 0 aromatic carbocycles. The van der Waals surface area contributed by atoms with Crippen LogP contribution >= 0.6 is 11.6 Å². The fourth-order valence-electron chi connectivity index (χ4n) is 3.76. The molecule has 4 heterocycles. The Kier molecular flexibility index (Phi) is 6.20. The van der Waals surface area contributed by atoms with Crippen molar-refractivity contribution in [2.75, 3.05) is 24.6 Å². The van der Waals surface area contributed by atoms with E-state index in [1.165, 1.54) is 12.4 Å². The molecule has 0 aliphatic carbocycles. The summed E-state index contributed by atoms with van der Waals surface area (Å²) >= 11 is 6.07. The van der Waals surface area contributed by atoms with Gasteiger partial charge in [-0.25, -0.2) is 15.0 Å². The van der Waals surface area contributed by atoms with Crippen LogP contribution in [0.25, 0.3) is 22.4 Å². The molecule has 32 heavy (non-hydrogen) atoms. The fraction of sp³-hybridized carbons (Fsp3) is 0.400. The number of carbonyl (C=O) groups excluding carboxylic acids is 1.